The van der Waals surface area contributed by atoms with Crippen LogP contribution in [0, 0.1) is 36.4 Å². The molecule has 0 bridgehead atoms. The molecule has 12 aromatic rings. The minimum atomic E-state index is -0.548. The van der Waals surface area contributed by atoms with Crippen molar-refractivity contribution in [3.63, 3.8) is 0 Å². The quantitative estimate of drug-likeness (QED) is 0.0195. The number of aliphatic hydroxyl groups excluding tert-OH is 1. The van der Waals surface area contributed by atoms with Gasteiger partial charge in [0.15, 0.2) is 0 Å². The van der Waals surface area contributed by atoms with Crippen LogP contribution in [0.4, 0.5) is 4.39 Å². The topological polar surface area (TPSA) is 349 Å². The number of aliphatic hydroxyl groups is 1. The number of halogens is 1. The van der Waals surface area contributed by atoms with Crippen molar-refractivity contribution in [1.29, 1.82) is 0 Å². The number of benzene rings is 7. The van der Waals surface area contributed by atoms with Crippen molar-refractivity contribution in [3.8, 4) is 50.8 Å². The Hall–Kier alpha value is -11.4. The first-order valence-corrected chi connectivity index (χ1v) is 57.5. The second-order valence-electron chi connectivity index (χ2n) is 41.2. The number of nitrogens with one attached hydrogen (secondary N) is 8. The average Bonchev–Trinajstić information content (AvgIpc) is 1.68. The molecule has 12 atom stereocenters. The van der Waals surface area contributed by atoms with E-state index in [2.05, 4.69) is 109 Å². The third-order valence-electron chi connectivity index (χ3n) is 31.8. The fourth-order valence-corrected chi connectivity index (χ4v) is 26.7. The van der Waals surface area contributed by atoms with Gasteiger partial charge in [0.2, 0.25) is 47.3 Å². The minimum Gasteiger partial charge on any atom is -0.490 e. The smallest absolute Gasteiger partial charge is 0.246 e. The lowest BCUT2D eigenvalue weighted by molar-refractivity contribution is -0.140. The Bertz CT molecular complexity index is 6450. The summed E-state index contributed by atoms with van der Waals surface area (Å²) in [7, 11) is 7.03. The molecular weight excluding hydrogens is 1960 g/mol. The van der Waals surface area contributed by atoms with Gasteiger partial charge >= 0.3 is 0 Å². The molecule has 3 saturated carbocycles. The molecule has 8 fully saturated rings. The van der Waals surface area contributed by atoms with Gasteiger partial charge in [0.05, 0.1) is 83.3 Å². The molecule has 3 aliphatic carbocycles. The predicted molar refractivity (Wildman–Crippen MR) is 590 cm³/mol. The van der Waals surface area contributed by atoms with Gasteiger partial charge in [-0.25, -0.2) is 24.3 Å². The molecule has 33 heteroatoms. The number of likely N-dealkylation sites (tertiary alicyclic amines) is 4. The van der Waals surface area contributed by atoms with Gasteiger partial charge < -0.3 is 81.1 Å². The molecule has 20 rings (SSSR count). The molecule has 792 valence electrons. The second kappa shape index (κ2) is 51.6. The third kappa shape index (κ3) is 25.3. The Morgan fingerprint density at radius 1 is 0.383 bits per heavy atom. The summed E-state index contributed by atoms with van der Waals surface area (Å²) in [6.45, 7) is 13.5. The van der Waals surface area contributed by atoms with E-state index < -0.39 is 24.2 Å². The highest BCUT2D eigenvalue weighted by molar-refractivity contribution is 7.11. The molecule has 8 amide bonds. The fraction of sp³-hybridized carbons (Fsp3) is 0.500. The molecule has 149 heavy (non-hydrogen) atoms. The maximum atomic E-state index is 14.4. The number of aryl methyl sites for hydroxylation is 1. The molecule has 0 unspecified atom stereocenters. The van der Waals surface area contributed by atoms with Crippen molar-refractivity contribution in [2.45, 2.75) is 268 Å². The number of nitrogens with zero attached hydrogens (tertiary/aromatic N) is 8. The first kappa shape index (κ1) is 109. The summed E-state index contributed by atoms with van der Waals surface area (Å²) in [5, 5.41) is 52.6. The van der Waals surface area contributed by atoms with Gasteiger partial charge in [-0.05, 0) is 246 Å². The Morgan fingerprint density at radius 3 is 1.17 bits per heavy atom. The minimum absolute atomic E-state index is 0.00332. The van der Waals surface area contributed by atoms with Gasteiger partial charge in [-0.1, -0.05) is 167 Å². The summed E-state index contributed by atoms with van der Waals surface area (Å²) in [5.41, 5.74) is 9.43. The van der Waals surface area contributed by atoms with E-state index >= 15 is 0 Å². The van der Waals surface area contributed by atoms with E-state index in [0.29, 0.717) is 50.5 Å². The largest absolute Gasteiger partial charge is 0.490 e. The number of para-hydroxylation sites is 1. The van der Waals surface area contributed by atoms with Crippen LogP contribution in [0.25, 0.3) is 88.3 Å². The lowest BCUT2D eigenvalue weighted by Crippen LogP contribution is -2.56. The van der Waals surface area contributed by atoms with Gasteiger partial charge in [-0.3, -0.25) is 38.4 Å². The van der Waals surface area contributed by atoms with Crippen molar-refractivity contribution in [2.75, 3.05) is 80.8 Å². The second-order valence-corrected chi connectivity index (χ2v) is 44.7. The van der Waals surface area contributed by atoms with Gasteiger partial charge in [-0.2, -0.15) is 0 Å². The maximum Gasteiger partial charge on any atom is 0.246 e. The van der Waals surface area contributed by atoms with E-state index in [1.54, 1.807) is 91.9 Å². The molecule has 0 spiro atoms. The number of amides is 8. The monoisotopic (exact) mass is 2100 g/mol. The van der Waals surface area contributed by atoms with Crippen LogP contribution in [-0.4, -0.2) is 221 Å². The van der Waals surface area contributed by atoms with E-state index in [0.717, 1.165) is 233 Å². The zero-order valence-electron chi connectivity index (χ0n) is 87.2. The Balaban J connectivity index is 0.000000135. The van der Waals surface area contributed by atoms with Gasteiger partial charge in [0.25, 0.3) is 0 Å². The standard InChI is InChI=1S/C31H40N4O4S.C29H35FN4O2S.C29H36N4O3S.C27H34N4O3S/c1-20(32-2)29(37)34-28(22-10-4-3-5-11-22)31(38)35-16-8-13-25(35)30-33-24(19-40-30)27-23-12-7-6-9-21(23)14-15-26(27)39-18-17-36;1-18(31-2)27(35)33-26(19-9-4-3-5-10-19)29(36)34-16-8-13-25(34)28-32-24(17-37-28)22-14-15-23(30)21-12-7-6-11-20(21)22;1-18-7-4-9-22-21(18)8-5-10-23(22)24-17-37-28(31-24)25-11-6-14-33(25)29(35)26(20-12-15-36-16-13-20)32-27(34)19(2)30-3;1-17(28-2)25(32)30-24(18-9-4-3-5-10-18)27(33)31-14-8-12-22(31)26-29-21(16-35-26)20-15-34-23-13-7-6-11-19(20)23/h6-7,9,12,14-15,19-20,22,25,28,32,36H,3-5,8,10-11,13,16-18H2,1-2H3,(H,34,37);6-7,11-12,14-15,17-19,25-26,31H,3-5,8-10,13,16H2,1-2H3,(H,33,35);4-5,7-10,17,19-20,25-26,30H,6,11-16H2,1-3H3,(H,32,34);6-7,11,13,15-18,22,24,28H,3-5,8-10,12,14H2,1-2H3,(H,30,32)/t20-,25-,28-;18-,25-,26-;19-,25-,26-;17-,22-,24-/m0000/s1. The number of aromatic nitrogens is 4. The van der Waals surface area contributed by atoms with Crippen LogP contribution in [0.2, 0.25) is 0 Å². The summed E-state index contributed by atoms with van der Waals surface area (Å²) >= 11 is 6.34. The Morgan fingerprint density at radius 2 is 0.738 bits per heavy atom. The summed E-state index contributed by atoms with van der Waals surface area (Å²) in [4.78, 5) is 135. The SMILES string of the molecule is CN[C@@H](C)C(=O)N[C@H](C(=O)N1CCC[C@H]1c1nc(-c2c(OCCO)ccc3ccccc23)cs1)C1CCCCC1.CN[C@@H](C)C(=O)N[C@H](C(=O)N1CCC[C@H]1c1nc(-c2ccc(F)c3ccccc23)cs1)C1CCCCC1.CN[C@@H](C)C(=O)N[C@H](C(=O)N1CCC[C@H]1c1nc(-c2cccc3c(C)cccc23)cs1)C1CCOCC1.CN[C@@H](C)C(=O)N[C@H](C(=O)N1CCC[C@H]1c1nc(-c2coc3ccccc23)cs1)C1CCCCC1. The molecule has 7 aromatic carbocycles. The van der Waals surface area contributed by atoms with Crippen LogP contribution in [0.5, 0.6) is 5.75 Å². The van der Waals surface area contributed by atoms with E-state index in [9.17, 15) is 47.9 Å². The van der Waals surface area contributed by atoms with Crippen LogP contribution in [0.3, 0.4) is 0 Å². The zero-order valence-corrected chi connectivity index (χ0v) is 90.5. The summed E-state index contributed by atoms with van der Waals surface area (Å²) in [6, 6.07) is 39.7. The molecule has 8 aliphatic rings. The van der Waals surface area contributed by atoms with E-state index in [1.165, 1.54) is 41.7 Å². The number of hydrogen-bond donors (Lipinski definition) is 9. The Labute approximate surface area is 889 Å². The van der Waals surface area contributed by atoms with Gasteiger partial charge in [0, 0.05) is 88.4 Å². The van der Waals surface area contributed by atoms with E-state index in [1.807, 2.05) is 125 Å². The van der Waals surface area contributed by atoms with Crippen molar-refractivity contribution in [2.24, 2.45) is 23.7 Å². The molecular formula is C116H145FN16O12S4. The molecule has 5 saturated heterocycles. The lowest BCUT2D eigenvalue weighted by Gasteiger charge is -2.35. The zero-order chi connectivity index (χ0) is 104. The third-order valence-corrected chi connectivity index (χ3v) is 35.6. The number of carbonyl (C=O) groups excluding carboxylic acids is 8. The normalized spacial score (nSPS) is 20.1. The number of ether oxygens (including phenoxy) is 2. The van der Waals surface area contributed by atoms with Gasteiger partial charge in [0.1, 0.15) is 74.2 Å². The van der Waals surface area contributed by atoms with Crippen molar-refractivity contribution in [3.05, 3.63) is 193 Å². The van der Waals surface area contributed by atoms with Gasteiger partial charge in [-0.15, -0.1) is 45.3 Å². The molecule has 0 radical (unpaired) electrons. The first-order chi connectivity index (χ1) is 72.5. The fourth-order valence-electron chi connectivity index (χ4n) is 22.9. The first-order valence-electron chi connectivity index (χ1n) is 53.9. The van der Waals surface area contributed by atoms with Crippen molar-refractivity contribution in [1.82, 2.24) is 82.1 Å². The highest BCUT2D eigenvalue weighted by atomic mass is 32.1. The van der Waals surface area contributed by atoms with Crippen LogP contribution >= 0.6 is 45.3 Å². The number of fused-ring (bicyclic) bond motifs is 4. The van der Waals surface area contributed by atoms with E-state index in [4.69, 9.17) is 33.8 Å². The summed E-state index contributed by atoms with van der Waals surface area (Å²) in [6.07, 6.45) is 26.4. The molecule has 28 nitrogen and oxygen atoms in total. The predicted octanol–water partition coefficient (Wildman–Crippen LogP) is 19.5. The highest BCUT2D eigenvalue weighted by Crippen LogP contribution is 2.47. The van der Waals surface area contributed by atoms with Crippen LogP contribution in [-0.2, 0) is 43.1 Å². The Kier molecular flexibility index (Phi) is 37.7. The number of rotatable bonds is 31. The molecule has 5 aliphatic heterocycles. The lowest BCUT2D eigenvalue weighted by atomic mass is 9.83. The highest BCUT2D eigenvalue weighted by Gasteiger charge is 2.47. The van der Waals surface area contributed by atoms with Crippen molar-refractivity contribution >= 4 is 136 Å². The van der Waals surface area contributed by atoms with Crippen LogP contribution in [0.15, 0.2) is 166 Å². The van der Waals surface area contributed by atoms with Crippen LogP contribution < -0.4 is 47.3 Å². The number of carbonyl (C=O) groups is 8. The molecule has 9 N–H and O–H groups in total. The summed E-state index contributed by atoms with van der Waals surface area (Å²) < 4.78 is 31.5. The van der Waals surface area contributed by atoms with E-state index in [-0.39, 0.29) is 138 Å². The van der Waals surface area contributed by atoms with Crippen molar-refractivity contribution < 1.29 is 61.7 Å². The summed E-state index contributed by atoms with van der Waals surface area (Å²) in [5.74, 6) is 0.551. The number of thiazole rings is 4. The average molecular weight is 2100 g/mol. The number of likely N-dealkylation sites (N-methyl/N-ethyl adjacent to an activating group) is 4. The number of hydrogen-bond acceptors (Lipinski definition) is 24. The molecule has 10 heterocycles. The molecule has 5 aromatic heterocycles. The maximum absolute atomic E-state index is 14.4. The van der Waals surface area contributed by atoms with Crippen LogP contribution in [0.1, 0.15) is 238 Å². The number of furan rings is 1.